The van der Waals surface area contributed by atoms with E-state index in [1.807, 2.05) is 0 Å². The van der Waals surface area contributed by atoms with Crippen molar-refractivity contribution in [3.8, 4) is 0 Å². The number of rotatable bonds is 3. The summed E-state index contributed by atoms with van der Waals surface area (Å²) in [6, 6.07) is 0. The molecule has 0 bridgehead atoms. The lowest BCUT2D eigenvalue weighted by Crippen LogP contribution is -2.24. The molecule has 0 radical (unpaired) electrons. The lowest BCUT2D eigenvalue weighted by atomic mass is 9.98. The van der Waals surface area contributed by atoms with E-state index in [4.69, 9.17) is 15.2 Å². The van der Waals surface area contributed by atoms with Crippen molar-refractivity contribution >= 4 is 5.78 Å². The number of hydrogen-bond donors (Lipinski definition) is 2. The predicted octanol–water partition coefficient (Wildman–Crippen LogP) is 0.914. The lowest BCUT2D eigenvalue weighted by Gasteiger charge is -2.19. The number of aliphatic hydroxyl groups is 1. The van der Waals surface area contributed by atoms with E-state index in [1.165, 1.54) is 26.4 Å². The molecule has 0 fully saturated rings. The number of nitrogens with two attached hydrogens (primary N) is 1. The first-order chi connectivity index (χ1) is 7.58. The molecule has 0 saturated heterocycles. The molecule has 0 spiro atoms. The van der Waals surface area contributed by atoms with Crippen LogP contribution in [0, 0.1) is 0 Å². The van der Waals surface area contributed by atoms with E-state index >= 15 is 0 Å². The molecule has 0 heterocycles. The molecule has 86 valence electrons. The van der Waals surface area contributed by atoms with Crippen molar-refractivity contribution in [2.45, 2.75) is 0 Å². The maximum Gasteiger partial charge on any atom is 0.233 e. The van der Waals surface area contributed by atoms with Gasteiger partial charge >= 0.3 is 0 Å². The molecule has 5 heteroatoms. The van der Waals surface area contributed by atoms with Gasteiger partial charge in [0.2, 0.25) is 17.3 Å². The molecule has 3 N–H and O–H groups in total. The Morgan fingerprint density at radius 2 is 1.88 bits per heavy atom. The lowest BCUT2D eigenvalue weighted by molar-refractivity contribution is -0.115. The third kappa shape index (κ3) is 1.67. The maximum absolute atomic E-state index is 11.9. The third-order valence-electron chi connectivity index (χ3n) is 2.11. The minimum absolute atomic E-state index is 0.0532. The van der Waals surface area contributed by atoms with Gasteiger partial charge in [0, 0.05) is 0 Å². The van der Waals surface area contributed by atoms with Crippen molar-refractivity contribution in [2.75, 3.05) is 14.2 Å². The van der Waals surface area contributed by atoms with Crippen molar-refractivity contribution in [2.24, 2.45) is 5.73 Å². The average Bonchev–Trinajstić information content (AvgIpc) is 2.29. The summed E-state index contributed by atoms with van der Waals surface area (Å²) in [5, 5.41) is 9.72. The van der Waals surface area contributed by atoms with Gasteiger partial charge in [0.1, 0.15) is 0 Å². The van der Waals surface area contributed by atoms with Crippen LogP contribution in [0.3, 0.4) is 0 Å². The van der Waals surface area contributed by atoms with Gasteiger partial charge in [0.25, 0.3) is 0 Å². The van der Waals surface area contributed by atoms with E-state index < -0.39 is 5.78 Å². The molecule has 0 aliphatic heterocycles. The molecule has 0 amide bonds. The van der Waals surface area contributed by atoms with E-state index in [1.54, 1.807) is 0 Å². The zero-order valence-electron chi connectivity index (χ0n) is 9.11. The molecular formula is C11H13NO4. The minimum atomic E-state index is -0.449. The fraction of sp³-hybridized carbons (Fsp3) is 0.182. The molecule has 0 aromatic rings. The van der Waals surface area contributed by atoms with Crippen LogP contribution < -0.4 is 5.73 Å². The Kier molecular flexibility index (Phi) is 3.40. The monoisotopic (exact) mass is 223 g/mol. The summed E-state index contributed by atoms with van der Waals surface area (Å²) < 4.78 is 9.75. The Balaban J connectivity index is 3.44. The van der Waals surface area contributed by atoms with Crippen LogP contribution >= 0.6 is 0 Å². The summed E-state index contributed by atoms with van der Waals surface area (Å²) in [6.07, 6.45) is 2.80. The topological polar surface area (TPSA) is 81.8 Å². The quantitative estimate of drug-likeness (QED) is 0.695. The largest absolute Gasteiger partial charge is 0.503 e. The van der Waals surface area contributed by atoms with Gasteiger partial charge in [-0.05, 0) is 6.08 Å². The van der Waals surface area contributed by atoms with E-state index in [-0.39, 0.29) is 28.5 Å². The summed E-state index contributed by atoms with van der Waals surface area (Å²) in [4.78, 5) is 11.9. The van der Waals surface area contributed by atoms with Gasteiger partial charge in [-0.25, -0.2) is 0 Å². The molecule has 1 aliphatic carbocycles. The Hall–Kier alpha value is -2.17. The van der Waals surface area contributed by atoms with Crippen LogP contribution in [0.25, 0.3) is 0 Å². The number of methoxy groups -OCH3 is 2. The molecule has 1 aliphatic rings. The highest BCUT2D eigenvalue weighted by Gasteiger charge is 2.32. The standard InChI is InChI=1S/C11H13NO4/c1-4-5-6-7(12)9(14)11(16-3)10(15-2)8(6)13/h4-5,14H,1,12H2,2-3H3/b6-5+. The fourth-order valence-electron chi connectivity index (χ4n) is 1.36. The Morgan fingerprint density at radius 3 is 2.31 bits per heavy atom. The number of ketones is 1. The van der Waals surface area contributed by atoms with Gasteiger partial charge in [-0.2, -0.15) is 0 Å². The molecule has 0 aromatic heterocycles. The zero-order chi connectivity index (χ0) is 12.3. The number of carbonyl (C=O) groups excluding carboxylic acids is 1. The van der Waals surface area contributed by atoms with E-state index in [0.717, 1.165) is 0 Å². The molecule has 0 saturated carbocycles. The Labute approximate surface area is 93.1 Å². The van der Waals surface area contributed by atoms with Crippen molar-refractivity contribution in [1.29, 1.82) is 0 Å². The second kappa shape index (κ2) is 4.57. The van der Waals surface area contributed by atoms with Crippen molar-refractivity contribution in [3.63, 3.8) is 0 Å². The molecule has 0 aromatic carbocycles. The normalized spacial score (nSPS) is 19.1. The SMILES string of the molecule is C=C/C=C1/C(=O)C(OC)=C(OC)C(O)=C1N. The van der Waals surface area contributed by atoms with Gasteiger partial charge in [0.15, 0.2) is 5.76 Å². The van der Waals surface area contributed by atoms with Crippen LogP contribution in [0.2, 0.25) is 0 Å². The van der Waals surface area contributed by atoms with Crippen LogP contribution in [0.4, 0.5) is 0 Å². The van der Waals surface area contributed by atoms with Gasteiger partial charge in [0.05, 0.1) is 25.5 Å². The third-order valence-corrected chi connectivity index (χ3v) is 2.11. The summed E-state index contributed by atoms with van der Waals surface area (Å²) in [7, 11) is 2.62. The minimum Gasteiger partial charge on any atom is -0.503 e. The maximum atomic E-state index is 11.9. The highest BCUT2D eigenvalue weighted by Crippen LogP contribution is 2.28. The summed E-state index contributed by atoms with van der Waals surface area (Å²) >= 11 is 0. The molecule has 0 atom stereocenters. The smallest absolute Gasteiger partial charge is 0.233 e. The van der Waals surface area contributed by atoms with Crippen molar-refractivity contribution in [3.05, 3.63) is 47.3 Å². The second-order valence-electron chi connectivity index (χ2n) is 2.97. The van der Waals surface area contributed by atoms with Gasteiger partial charge in [-0.3, -0.25) is 4.79 Å². The number of allylic oxidation sites excluding steroid dienone is 4. The van der Waals surface area contributed by atoms with Crippen LogP contribution in [0.1, 0.15) is 0 Å². The molecule has 16 heavy (non-hydrogen) atoms. The van der Waals surface area contributed by atoms with E-state index in [2.05, 4.69) is 6.58 Å². The Bertz CT molecular complexity index is 429. The summed E-state index contributed by atoms with van der Waals surface area (Å²) in [5.74, 6) is -0.907. The van der Waals surface area contributed by atoms with Crippen LogP contribution in [0.15, 0.2) is 47.3 Å². The van der Waals surface area contributed by atoms with Gasteiger partial charge in [-0.1, -0.05) is 12.7 Å². The number of hydrogen-bond acceptors (Lipinski definition) is 5. The van der Waals surface area contributed by atoms with Crippen LogP contribution in [-0.2, 0) is 14.3 Å². The number of aliphatic hydroxyl groups excluding tert-OH is 1. The fourth-order valence-corrected chi connectivity index (χ4v) is 1.36. The first kappa shape index (κ1) is 11.9. The van der Waals surface area contributed by atoms with Gasteiger partial charge in [-0.15, -0.1) is 0 Å². The predicted molar refractivity (Wildman–Crippen MR) is 58.2 cm³/mol. The summed E-state index contributed by atoms with van der Waals surface area (Å²) in [6.45, 7) is 3.46. The highest BCUT2D eigenvalue weighted by molar-refractivity contribution is 6.12. The molecule has 5 nitrogen and oxygen atoms in total. The molecule has 1 rings (SSSR count). The van der Waals surface area contributed by atoms with Crippen LogP contribution in [0.5, 0.6) is 0 Å². The first-order valence-electron chi connectivity index (χ1n) is 4.47. The summed E-state index contributed by atoms with van der Waals surface area (Å²) in [5.41, 5.74) is 5.68. The van der Waals surface area contributed by atoms with Crippen molar-refractivity contribution < 1.29 is 19.4 Å². The van der Waals surface area contributed by atoms with Crippen LogP contribution in [-0.4, -0.2) is 25.1 Å². The van der Waals surface area contributed by atoms with E-state index in [0.29, 0.717) is 0 Å². The number of Topliss-reactive ketones (excluding diaryl/α,β-unsaturated/α-hetero) is 1. The Morgan fingerprint density at radius 1 is 1.31 bits per heavy atom. The second-order valence-corrected chi connectivity index (χ2v) is 2.97. The average molecular weight is 223 g/mol. The van der Waals surface area contributed by atoms with Crippen molar-refractivity contribution in [1.82, 2.24) is 0 Å². The molecule has 0 unspecified atom stereocenters. The van der Waals surface area contributed by atoms with E-state index in [9.17, 15) is 9.90 Å². The number of carbonyl (C=O) groups is 1. The van der Waals surface area contributed by atoms with Gasteiger partial charge < -0.3 is 20.3 Å². The zero-order valence-corrected chi connectivity index (χ0v) is 9.11. The molecular weight excluding hydrogens is 210 g/mol. The highest BCUT2D eigenvalue weighted by atomic mass is 16.5. The number of ether oxygens (including phenoxy) is 2. The first-order valence-corrected chi connectivity index (χ1v) is 4.47.